The van der Waals surface area contributed by atoms with Gasteiger partial charge in [-0.1, -0.05) is 24.6 Å². The first-order chi connectivity index (χ1) is 7.66. The van der Waals surface area contributed by atoms with Crippen LogP contribution in [0.4, 0.5) is 0 Å². The highest BCUT2D eigenvalue weighted by molar-refractivity contribution is 5.97. The van der Waals surface area contributed by atoms with Crippen LogP contribution in [0.3, 0.4) is 0 Å². The van der Waals surface area contributed by atoms with Crippen LogP contribution in [0.2, 0.25) is 0 Å². The van der Waals surface area contributed by atoms with Crippen LogP contribution in [-0.4, -0.2) is 12.3 Å². The first-order valence-corrected chi connectivity index (χ1v) is 5.96. The lowest BCUT2D eigenvalue weighted by Crippen LogP contribution is -2.04. The van der Waals surface area contributed by atoms with Crippen LogP contribution in [-0.2, 0) is 0 Å². The van der Waals surface area contributed by atoms with Crippen molar-refractivity contribution in [1.82, 2.24) is 0 Å². The van der Waals surface area contributed by atoms with Gasteiger partial charge in [0.1, 0.15) is 0 Å². The van der Waals surface area contributed by atoms with Crippen LogP contribution in [0.25, 0.3) is 0 Å². The van der Waals surface area contributed by atoms with E-state index in [1.165, 1.54) is 5.56 Å². The van der Waals surface area contributed by atoms with Crippen molar-refractivity contribution >= 4 is 5.78 Å². The third kappa shape index (κ3) is 3.46. The Bertz CT molecular complexity index is 358. The van der Waals surface area contributed by atoms with E-state index in [-0.39, 0.29) is 5.78 Å². The van der Waals surface area contributed by atoms with Crippen LogP contribution in [0.5, 0.6) is 0 Å². The molecule has 0 spiro atoms. The second kappa shape index (κ2) is 6.44. The second-order valence-corrected chi connectivity index (χ2v) is 4.27. The minimum absolute atomic E-state index is 0.262. The fourth-order valence-corrected chi connectivity index (χ4v) is 1.79. The maximum Gasteiger partial charge on any atom is 0.163 e. The Morgan fingerprint density at radius 2 is 1.94 bits per heavy atom. The zero-order valence-corrected chi connectivity index (χ0v) is 10.3. The monoisotopic (exact) mass is 219 g/mol. The highest BCUT2D eigenvalue weighted by Gasteiger charge is 2.09. The molecule has 0 heterocycles. The Morgan fingerprint density at radius 3 is 2.62 bits per heavy atom. The number of carbonyl (C=O) groups is 1. The molecule has 0 unspecified atom stereocenters. The lowest BCUT2D eigenvalue weighted by Gasteiger charge is -2.07. The summed E-state index contributed by atoms with van der Waals surface area (Å²) in [6.07, 6.45) is 3.65. The lowest BCUT2D eigenvalue weighted by atomic mass is 9.97. The molecule has 88 valence electrons. The molecule has 0 amide bonds. The van der Waals surface area contributed by atoms with Crippen molar-refractivity contribution in [2.75, 3.05) is 6.54 Å². The average Bonchev–Trinajstić information content (AvgIpc) is 2.28. The van der Waals surface area contributed by atoms with Gasteiger partial charge in [-0.2, -0.15) is 0 Å². The molecule has 0 fully saturated rings. The van der Waals surface area contributed by atoms with Crippen LogP contribution in [0, 0.1) is 13.8 Å². The first kappa shape index (κ1) is 12.9. The minimum atomic E-state index is 0.262. The topological polar surface area (TPSA) is 43.1 Å². The summed E-state index contributed by atoms with van der Waals surface area (Å²) in [5.74, 6) is 0.262. The van der Waals surface area contributed by atoms with E-state index in [2.05, 4.69) is 0 Å². The highest BCUT2D eigenvalue weighted by atomic mass is 16.1. The van der Waals surface area contributed by atoms with E-state index in [4.69, 9.17) is 5.73 Å². The number of unbranched alkanes of at least 4 members (excludes halogenated alkanes) is 2. The van der Waals surface area contributed by atoms with Gasteiger partial charge in [0, 0.05) is 12.0 Å². The molecule has 0 saturated heterocycles. The fourth-order valence-electron chi connectivity index (χ4n) is 1.79. The van der Waals surface area contributed by atoms with Gasteiger partial charge in [0.15, 0.2) is 5.78 Å². The highest BCUT2D eigenvalue weighted by Crippen LogP contribution is 2.15. The standard InChI is InChI=1S/C14H21NO/c1-11-7-6-8-13(12(11)2)14(16)9-4-3-5-10-15/h6-8H,3-5,9-10,15H2,1-2H3. The minimum Gasteiger partial charge on any atom is -0.330 e. The quantitative estimate of drug-likeness (QED) is 0.590. The van der Waals surface area contributed by atoms with E-state index in [0.717, 1.165) is 36.9 Å². The summed E-state index contributed by atoms with van der Waals surface area (Å²) in [4.78, 5) is 11.9. The van der Waals surface area contributed by atoms with E-state index in [1.54, 1.807) is 0 Å². The maximum absolute atomic E-state index is 11.9. The summed E-state index contributed by atoms with van der Waals surface area (Å²) in [7, 11) is 0. The van der Waals surface area contributed by atoms with Crippen molar-refractivity contribution in [2.24, 2.45) is 5.73 Å². The molecule has 2 N–H and O–H groups in total. The second-order valence-electron chi connectivity index (χ2n) is 4.27. The molecule has 0 aromatic heterocycles. The Morgan fingerprint density at radius 1 is 1.19 bits per heavy atom. The van der Waals surface area contributed by atoms with Gasteiger partial charge in [0.05, 0.1) is 0 Å². The number of benzene rings is 1. The smallest absolute Gasteiger partial charge is 0.163 e. The van der Waals surface area contributed by atoms with E-state index in [9.17, 15) is 4.79 Å². The number of hydrogen-bond donors (Lipinski definition) is 1. The summed E-state index contributed by atoms with van der Waals surface area (Å²) in [5, 5.41) is 0. The molecule has 0 radical (unpaired) electrons. The molecule has 2 heteroatoms. The molecule has 2 nitrogen and oxygen atoms in total. The van der Waals surface area contributed by atoms with Gasteiger partial charge in [-0.05, 0) is 44.4 Å². The van der Waals surface area contributed by atoms with Gasteiger partial charge < -0.3 is 5.73 Å². The third-order valence-electron chi connectivity index (χ3n) is 3.01. The molecular weight excluding hydrogens is 198 g/mol. The Kier molecular flexibility index (Phi) is 5.20. The molecule has 0 aliphatic carbocycles. The summed E-state index contributed by atoms with van der Waals surface area (Å²) in [6, 6.07) is 5.92. The number of rotatable bonds is 6. The van der Waals surface area contributed by atoms with Crippen LogP contribution in [0.15, 0.2) is 18.2 Å². The number of hydrogen-bond acceptors (Lipinski definition) is 2. The summed E-state index contributed by atoms with van der Waals surface area (Å²) >= 11 is 0. The van der Waals surface area contributed by atoms with Crippen molar-refractivity contribution < 1.29 is 4.79 Å². The van der Waals surface area contributed by atoms with Gasteiger partial charge >= 0.3 is 0 Å². The summed E-state index contributed by atoms with van der Waals surface area (Å²) in [5.41, 5.74) is 8.60. The Hall–Kier alpha value is -1.15. The predicted molar refractivity (Wildman–Crippen MR) is 67.8 cm³/mol. The normalized spacial score (nSPS) is 10.4. The molecule has 1 rings (SSSR count). The molecule has 0 bridgehead atoms. The largest absolute Gasteiger partial charge is 0.330 e. The van der Waals surface area contributed by atoms with Crippen molar-refractivity contribution in [2.45, 2.75) is 39.5 Å². The summed E-state index contributed by atoms with van der Waals surface area (Å²) < 4.78 is 0. The van der Waals surface area contributed by atoms with E-state index < -0.39 is 0 Å². The molecule has 16 heavy (non-hydrogen) atoms. The van der Waals surface area contributed by atoms with Crippen LogP contribution < -0.4 is 5.73 Å². The van der Waals surface area contributed by atoms with Gasteiger partial charge in [-0.15, -0.1) is 0 Å². The molecule has 0 atom stereocenters. The maximum atomic E-state index is 11.9. The van der Waals surface area contributed by atoms with E-state index in [1.807, 2.05) is 32.0 Å². The number of nitrogens with two attached hydrogens (primary N) is 1. The number of carbonyl (C=O) groups excluding carboxylic acids is 1. The van der Waals surface area contributed by atoms with Crippen LogP contribution >= 0.6 is 0 Å². The van der Waals surface area contributed by atoms with Crippen molar-refractivity contribution in [3.8, 4) is 0 Å². The summed E-state index contributed by atoms with van der Waals surface area (Å²) in [6.45, 7) is 4.78. The fraction of sp³-hybridized carbons (Fsp3) is 0.500. The van der Waals surface area contributed by atoms with Gasteiger partial charge in [-0.3, -0.25) is 4.79 Å². The Balaban J connectivity index is 2.56. The van der Waals surface area contributed by atoms with Gasteiger partial charge in [0.2, 0.25) is 0 Å². The SMILES string of the molecule is Cc1cccc(C(=O)CCCCCN)c1C. The zero-order chi connectivity index (χ0) is 12.0. The first-order valence-electron chi connectivity index (χ1n) is 5.96. The number of Topliss-reactive ketones (excluding diaryl/α,β-unsaturated/α-hetero) is 1. The van der Waals surface area contributed by atoms with Crippen molar-refractivity contribution in [3.05, 3.63) is 34.9 Å². The zero-order valence-electron chi connectivity index (χ0n) is 10.3. The van der Waals surface area contributed by atoms with Gasteiger partial charge in [-0.25, -0.2) is 0 Å². The molecule has 0 saturated carbocycles. The van der Waals surface area contributed by atoms with E-state index >= 15 is 0 Å². The van der Waals surface area contributed by atoms with Crippen molar-refractivity contribution in [1.29, 1.82) is 0 Å². The average molecular weight is 219 g/mol. The molecule has 0 aliphatic heterocycles. The lowest BCUT2D eigenvalue weighted by molar-refractivity contribution is 0.0978. The van der Waals surface area contributed by atoms with Gasteiger partial charge in [0.25, 0.3) is 0 Å². The molecule has 0 aliphatic rings. The number of ketones is 1. The van der Waals surface area contributed by atoms with Crippen LogP contribution in [0.1, 0.15) is 47.2 Å². The third-order valence-corrected chi connectivity index (χ3v) is 3.01. The van der Waals surface area contributed by atoms with Crippen molar-refractivity contribution in [3.63, 3.8) is 0 Å². The number of aryl methyl sites for hydroxylation is 1. The van der Waals surface area contributed by atoms with E-state index in [0.29, 0.717) is 6.42 Å². The Labute approximate surface area is 97.9 Å². The molecular formula is C14H21NO. The predicted octanol–water partition coefficient (Wildman–Crippen LogP) is 3.01. The molecule has 1 aromatic carbocycles. The molecule has 1 aromatic rings.